The summed E-state index contributed by atoms with van der Waals surface area (Å²) in [4.78, 5) is 2.04. The van der Waals surface area contributed by atoms with Gasteiger partial charge in [-0.2, -0.15) is 4.31 Å². The number of methoxy groups -OCH3 is 1. The summed E-state index contributed by atoms with van der Waals surface area (Å²) in [7, 11) is 2.32. The summed E-state index contributed by atoms with van der Waals surface area (Å²) < 4.78 is 30.6. The highest BCUT2D eigenvalue weighted by Crippen LogP contribution is 2.06. The molecule has 0 spiro atoms. The van der Waals surface area contributed by atoms with Crippen LogP contribution in [0.4, 0.5) is 0 Å². The van der Waals surface area contributed by atoms with Crippen LogP contribution in [0.2, 0.25) is 0 Å². The summed E-state index contributed by atoms with van der Waals surface area (Å²) in [5, 5.41) is 0. The predicted molar refractivity (Wildman–Crippen MR) is 75.7 cm³/mol. The van der Waals surface area contributed by atoms with E-state index in [4.69, 9.17) is 16.3 Å². The quantitative estimate of drug-likeness (QED) is 0.531. The Kier molecular flexibility index (Phi) is 10.0. The molecule has 0 heterocycles. The van der Waals surface area contributed by atoms with Gasteiger partial charge in [0, 0.05) is 26.1 Å². The molecule has 0 amide bonds. The minimum absolute atomic E-state index is 0.113. The van der Waals surface area contributed by atoms with E-state index in [2.05, 4.69) is 0 Å². The molecule has 0 saturated carbocycles. The van der Waals surface area contributed by atoms with Gasteiger partial charge in [-0.3, -0.25) is 0 Å². The van der Waals surface area contributed by atoms with Crippen LogP contribution in [0, 0.1) is 0 Å². The van der Waals surface area contributed by atoms with Gasteiger partial charge in [0.05, 0.1) is 12.4 Å². The molecular formula is C11H25ClN2O3S. The van der Waals surface area contributed by atoms with Crippen molar-refractivity contribution in [1.29, 1.82) is 0 Å². The number of sulfonamides is 1. The molecule has 5 nitrogen and oxygen atoms in total. The molecule has 0 rings (SSSR count). The lowest BCUT2D eigenvalue weighted by Gasteiger charge is -2.22. The molecule has 0 saturated heterocycles. The van der Waals surface area contributed by atoms with Crippen molar-refractivity contribution in [3.05, 3.63) is 0 Å². The first kappa shape index (κ1) is 18.1. The third-order valence-electron chi connectivity index (χ3n) is 2.49. The van der Waals surface area contributed by atoms with Crippen molar-refractivity contribution in [3.8, 4) is 0 Å². The van der Waals surface area contributed by atoms with Gasteiger partial charge in [-0.15, -0.1) is 11.6 Å². The van der Waals surface area contributed by atoms with Gasteiger partial charge in [0.15, 0.2) is 0 Å². The van der Waals surface area contributed by atoms with E-state index in [0.29, 0.717) is 32.0 Å². The van der Waals surface area contributed by atoms with Crippen molar-refractivity contribution in [2.24, 2.45) is 0 Å². The van der Waals surface area contributed by atoms with Crippen molar-refractivity contribution in [3.63, 3.8) is 0 Å². The van der Waals surface area contributed by atoms with Crippen LogP contribution in [0.25, 0.3) is 0 Å². The average Bonchev–Trinajstić information content (AvgIpc) is 2.30. The Morgan fingerprint density at radius 1 is 1.11 bits per heavy atom. The van der Waals surface area contributed by atoms with E-state index in [9.17, 15) is 8.42 Å². The zero-order valence-electron chi connectivity index (χ0n) is 11.6. The SMILES string of the molecule is COCCN(CCCN(C)C)S(=O)(=O)CCCCl. The number of halogens is 1. The van der Waals surface area contributed by atoms with Crippen LogP contribution in [-0.4, -0.2) is 76.7 Å². The van der Waals surface area contributed by atoms with Gasteiger partial charge in [0.1, 0.15) is 0 Å². The summed E-state index contributed by atoms with van der Waals surface area (Å²) in [6, 6.07) is 0. The van der Waals surface area contributed by atoms with E-state index in [1.54, 1.807) is 7.11 Å². The molecule has 0 aromatic carbocycles. The van der Waals surface area contributed by atoms with Crippen LogP contribution in [-0.2, 0) is 14.8 Å². The molecule has 7 heteroatoms. The van der Waals surface area contributed by atoms with Crippen LogP contribution in [0.1, 0.15) is 12.8 Å². The number of ether oxygens (including phenoxy) is 1. The Balaban J connectivity index is 4.36. The molecule has 0 aliphatic rings. The molecule has 0 unspecified atom stereocenters. The first-order valence-corrected chi connectivity index (χ1v) is 8.26. The second-order valence-corrected chi connectivity index (χ2v) is 6.87. The lowest BCUT2D eigenvalue weighted by Crippen LogP contribution is -2.37. The van der Waals surface area contributed by atoms with Crippen LogP contribution in [0.5, 0.6) is 0 Å². The minimum Gasteiger partial charge on any atom is -0.383 e. The van der Waals surface area contributed by atoms with E-state index < -0.39 is 10.0 Å². The average molecular weight is 301 g/mol. The first-order chi connectivity index (χ1) is 8.44. The highest BCUT2D eigenvalue weighted by atomic mass is 35.5. The van der Waals surface area contributed by atoms with Crippen LogP contribution >= 0.6 is 11.6 Å². The molecule has 0 radical (unpaired) electrons. The maximum atomic E-state index is 12.1. The number of nitrogens with zero attached hydrogens (tertiary/aromatic N) is 2. The van der Waals surface area contributed by atoms with Gasteiger partial charge < -0.3 is 9.64 Å². The standard InChI is InChI=1S/C11H25ClN2O3S/c1-13(2)7-5-8-14(9-10-17-3)18(15,16)11-4-6-12/h4-11H2,1-3H3. The maximum absolute atomic E-state index is 12.1. The highest BCUT2D eigenvalue weighted by Gasteiger charge is 2.20. The maximum Gasteiger partial charge on any atom is 0.214 e. The lowest BCUT2D eigenvalue weighted by atomic mass is 10.4. The molecule has 0 fully saturated rings. The fourth-order valence-electron chi connectivity index (χ4n) is 1.51. The van der Waals surface area contributed by atoms with Gasteiger partial charge in [-0.25, -0.2) is 8.42 Å². The van der Waals surface area contributed by atoms with Gasteiger partial charge in [0.25, 0.3) is 0 Å². The lowest BCUT2D eigenvalue weighted by molar-refractivity contribution is 0.177. The second-order valence-electron chi connectivity index (χ2n) is 4.41. The largest absolute Gasteiger partial charge is 0.383 e. The molecule has 0 aliphatic heterocycles. The molecule has 110 valence electrons. The minimum atomic E-state index is -3.20. The fourth-order valence-corrected chi connectivity index (χ4v) is 3.33. The third kappa shape index (κ3) is 8.26. The number of rotatable bonds is 11. The van der Waals surface area contributed by atoms with E-state index >= 15 is 0 Å². The van der Waals surface area contributed by atoms with E-state index in [-0.39, 0.29) is 5.75 Å². The van der Waals surface area contributed by atoms with E-state index in [1.807, 2.05) is 19.0 Å². The van der Waals surface area contributed by atoms with E-state index in [1.165, 1.54) is 4.31 Å². The van der Waals surface area contributed by atoms with Gasteiger partial charge in [0.2, 0.25) is 10.0 Å². The van der Waals surface area contributed by atoms with Crippen LogP contribution in [0.3, 0.4) is 0 Å². The summed E-state index contributed by atoms with van der Waals surface area (Å²) >= 11 is 5.55. The molecule has 0 bridgehead atoms. The van der Waals surface area contributed by atoms with Gasteiger partial charge >= 0.3 is 0 Å². The molecule has 0 aromatic heterocycles. The summed E-state index contributed by atoms with van der Waals surface area (Å²) in [5.74, 6) is 0.483. The molecule has 0 aromatic rings. The number of hydrogen-bond acceptors (Lipinski definition) is 4. The molecule has 0 atom stereocenters. The smallest absolute Gasteiger partial charge is 0.214 e. The predicted octanol–water partition coefficient (Wildman–Crippen LogP) is 0.845. The highest BCUT2D eigenvalue weighted by molar-refractivity contribution is 7.89. The molecule has 18 heavy (non-hydrogen) atoms. The van der Waals surface area contributed by atoms with Crippen molar-refractivity contribution in [2.45, 2.75) is 12.8 Å². The third-order valence-corrected chi connectivity index (χ3v) is 4.71. The monoisotopic (exact) mass is 300 g/mol. The van der Waals surface area contributed by atoms with Gasteiger partial charge in [-0.05, 0) is 33.5 Å². The summed E-state index contributed by atoms with van der Waals surface area (Å²) in [6.07, 6.45) is 1.30. The Morgan fingerprint density at radius 3 is 2.28 bits per heavy atom. The molecule has 0 aliphatic carbocycles. The number of alkyl halides is 1. The zero-order chi connectivity index (χ0) is 14.0. The van der Waals surface area contributed by atoms with Crippen molar-refractivity contribution in [2.75, 3.05) is 59.1 Å². The van der Waals surface area contributed by atoms with E-state index in [0.717, 1.165) is 13.0 Å². The van der Waals surface area contributed by atoms with Crippen LogP contribution < -0.4 is 0 Å². The Morgan fingerprint density at radius 2 is 1.78 bits per heavy atom. The number of hydrogen-bond donors (Lipinski definition) is 0. The van der Waals surface area contributed by atoms with Crippen LogP contribution in [0.15, 0.2) is 0 Å². The zero-order valence-corrected chi connectivity index (χ0v) is 13.1. The normalized spacial score (nSPS) is 12.6. The second kappa shape index (κ2) is 9.97. The van der Waals surface area contributed by atoms with Crippen molar-refractivity contribution >= 4 is 21.6 Å². The Bertz CT molecular complexity index is 297. The summed E-state index contributed by atoms with van der Waals surface area (Å²) in [6.45, 7) is 2.23. The first-order valence-electron chi connectivity index (χ1n) is 6.11. The van der Waals surface area contributed by atoms with Crippen molar-refractivity contribution < 1.29 is 13.2 Å². The molecule has 0 N–H and O–H groups in total. The fraction of sp³-hybridized carbons (Fsp3) is 1.00. The summed E-state index contributed by atoms with van der Waals surface area (Å²) in [5.41, 5.74) is 0. The van der Waals surface area contributed by atoms with Crippen molar-refractivity contribution in [1.82, 2.24) is 9.21 Å². The topological polar surface area (TPSA) is 49.9 Å². The Labute approximate surface area is 116 Å². The van der Waals surface area contributed by atoms with Gasteiger partial charge in [-0.1, -0.05) is 0 Å². The Hall–Kier alpha value is 0.120. The molecular weight excluding hydrogens is 276 g/mol.